The van der Waals surface area contributed by atoms with Gasteiger partial charge in [-0.25, -0.2) is 9.97 Å². The number of rotatable bonds is 8. The molecular weight excluding hydrogens is 526 g/mol. The van der Waals surface area contributed by atoms with Gasteiger partial charge in [0, 0.05) is 28.7 Å². The van der Waals surface area contributed by atoms with Gasteiger partial charge in [-0.2, -0.15) is 0 Å². The Morgan fingerprint density at radius 2 is 1.95 bits per heavy atom. The van der Waals surface area contributed by atoms with Gasteiger partial charge in [-0.15, -0.1) is 23.1 Å². The van der Waals surface area contributed by atoms with Crippen molar-refractivity contribution in [1.29, 1.82) is 0 Å². The van der Waals surface area contributed by atoms with Crippen molar-refractivity contribution in [3.63, 3.8) is 0 Å². The van der Waals surface area contributed by atoms with E-state index in [9.17, 15) is 4.79 Å². The number of aromatic nitrogens is 2. The molecule has 0 bridgehead atoms. The van der Waals surface area contributed by atoms with Gasteiger partial charge < -0.3 is 20.3 Å². The van der Waals surface area contributed by atoms with Crippen LogP contribution in [0.25, 0.3) is 0 Å². The van der Waals surface area contributed by atoms with Crippen LogP contribution in [0.15, 0.2) is 77.1 Å². The van der Waals surface area contributed by atoms with Crippen LogP contribution in [0.1, 0.15) is 24.1 Å². The summed E-state index contributed by atoms with van der Waals surface area (Å²) in [6.45, 7) is 4.56. The van der Waals surface area contributed by atoms with Gasteiger partial charge in [0.05, 0.1) is 10.9 Å². The van der Waals surface area contributed by atoms with Crippen molar-refractivity contribution >= 4 is 45.6 Å². The SMILES string of the molecule is Cc1csc(Nc2ncc(SC(C(=O)N3CCc4ccccc43)C3CCNCC3)cc2Oc2ccccc2)n1. The Morgan fingerprint density at radius 1 is 1.15 bits per heavy atom. The maximum Gasteiger partial charge on any atom is 0.240 e. The minimum atomic E-state index is -0.204. The van der Waals surface area contributed by atoms with Crippen LogP contribution in [0, 0.1) is 12.8 Å². The van der Waals surface area contributed by atoms with Crippen molar-refractivity contribution in [1.82, 2.24) is 15.3 Å². The van der Waals surface area contributed by atoms with Gasteiger partial charge in [-0.05, 0) is 75.0 Å². The Morgan fingerprint density at radius 3 is 2.74 bits per heavy atom. The van der Waals surface area contributed by atoms with Crippen molar-refractivity contribution in [2.75, 3.05) is 29.9 Å². The molecule has 7 nitrogen and oxygen atoms in total. The van der Waals surface area contributed by atoms with E-state index >= 15 is 0 Å². The normalized spacial score (nSPS) is 16.1. The number of fused-ring (bicyclic) bond motifs is 1. The molecule has 1 amide bonds. The number of hydrogen-bond donors (Lipinski definition) is 2. The van der Waals surface area contributed by atoms with Crippen LogP contribution in [0.2, 0.25) is 0 Å². The summed E-state index contributed by atoms with van der Waals surface area (Å²) in [5, 5.41) is 9.31. The maximum atomic E-state index is 14.1. The van der Waals surface area contributed by atoms with Crippen LogP contribution in [0.4, 0.5) is 16.6 Å². The number of hydrogen-bond acceptors (Lipinski definition) is 8. The number of nitrogens with one attached hydrogen (secondary N) is 2. The molecule has 1 fully saturated rings. The molecule has 2 aromatic carbocycles. The summed E-state index contributed by atoms with van der Waals surface area (Å²) in [6.07, 6.45) is 4.69. The topological polar surface area (TPSA) is 79.4 Å². The molecule has 200 valence electrons. The van der Waals surface area contributed by atoms with E-state index < -0.39 is 0 Å². The van der Waals surface area contributed by atoms with E-state index in [1.165, 1.54) is 16.9 Å². The fourth-order valence-corrected chi connectivity index (χ4v) is 7.12. The zero-order valence-corrected chi connectivity index (χ0v) is 23.4. The second-order valence-electron chi connectivity index (χ2n) is 9.85. The Hall–Kier alpha value is -3.40. The van der Waals surface area contributed by atoms with E-state index in [-0.39, 0.29) is 17.1 Å². The number of carbonyl (C=O) groups excluding carboxylic acids is 1. The monoisotopic (exact) mass is 557 g/mol. The first kappa shape index (κ1) is 25.9. The number of amides is 1. The number of thioether (sulfide) groups is 1. The van der Waals surface area contributed by atoms with Gasteiger partial charge >= 0.3 is 0 Å². The average molecular weight is 558 g/mol. The highest BCUT2D eigenvalue weighted by Crippen LogP contribution is 2.40. The van der Waals surface area contributed by atoms with Gasteiger partial charge in [-0.1, -0.05) is 36.4 Å². The minimum absolute atomic E-state index is 0.183. The van der Waals surface area contributed by atoms with Crippen LogP contribution in [0.3, 0.4) is 0 Å². The third-order valence-corrected chi connectivity index (χ3v) is 9.33. The number of aryl methyl sites for hydroxylation is 1. The van der Waals surface area contributed by atoms with Crippen LogP contribution >= 0.6 is 23.1 Å². The van der Waals surface area contributed by atoms with E-state index in [4.69, 9.17) is 9.72 Å². The first-order chi connectivity index (χ1) is 19.1. The second kappa shape index (κ2) is 11.8. The summed E-state index contributed by atoms with van der Waals surface area (Å²) in [6, 6.07) is 19.9. The standard InChI is InChI=1S/C30H31N5O2S2/c1-20-19-38-30(33-20)34-28-26(37-23-8-3-2-4-9-23)17-24(18-32-28)39-27(22-11-14-31-15-12-22)29(36)35-16-13-21-7-5-6-10-25(21)35/h2-10,17-19,22,27,31H,11-16H2,1H3,(H,32,33,34). The molecule has 1 atom stereocenters. The zero-order chi connectivity index (χ0) is 26.6. The largest absolute Gasteiger partial charge is 0.453 e. The average Bonchev–Trinajstić information content (AvgIpc) is 3.59. The summed E-state index contributed by atoms with van der Waals surface area (Å²) in [4.78, 5) is 26.3. The highest BCUT2D eigenvalue weighted by atomic mass is 32.2. The Kier molecular flexibility index (Phi) is 7.81. The molecular formula is C30H31N5O2S2. The van der Waals surface area contributed by atoms with Crippen LogP contribution in [0.5, 0.6) is 11.5 Å². The lowest BCUT2D eigenvalue weighted by Gasteiger charge is -2.32. The van der Waals surface area contributed by atoms with E-state index in [1.54, 1.807) is 11.8 Å². The second-order valence-corrected chi connectivity index (χ2v) is 11.9. The Bertz CT molecular complexity index is 1440. The predicted molar refractivity (Wildman–Crippen MR) is 159 cm³/mol. The molecule has 0 saturated carbocycles. The molecule has 1 saturated heterocycles. The van der Waals surface area contributed by atoms with Crippen LogP contribution in [-0.2, 0) is 11.2 Å². The van der Waals surface area contributed by atoms with Gasteiger partial charge in [-0.3, -0.25) is 4.79 Å². The molecule has 2 aliphatic rings. The first-order valence-electron chi connectivity index (χ1n) is 13.3. The van der Waals surface area contributed by atoms with Crippen molar-refractivity contribution in [2.24, 2.45) is 5.92 Å². The minimum Gasteiger partial charge on any atom is -0.453 e. The molecule has 0 aliphatic carbocycles. The number of carbonyl (C=O) groups is 1. The van der Waals surface area contributed by atoms with E-state index in [0.717, 1.165) is 66.1 Å². The number of pyridine rings is 1. The van der Waals surface area contributed by atoms with Gasteiger partial charge in [0.1, 0.15) is 5.75 Å². The summed E-state index contributed by atoms with van der Waals surface area (Å²) in [7, 11) is 0. The zero-order valence-electron chi connectivity index (χ0n) is 21.8. The van der Waals surface area contributed by atoms with Gasteiger partial charge in [0.2, 0.25) is 5.91 Å². The smallest absolute Gasteiger partial charge is 0.240 e. The molecule has 4 heterocycles. The molecule has 0 radical (unpaired) electrons. The fraction of sp³-hybridized carbons (Fsp3) is 0.300. The fourth-order valence-electron chi connectivity index (χ4n) is 5.15. The number of ether oxygens (including phenoxy) is 1. The van der Waals surface area contributed by atoms with E-state index in [2.05, 4.69) is 27.8 Å². The molecule has 2 N–H and O–H groups in total. The van der Waals surface area contributed by atoms with E-state index in [0.29, 0.717) is 11.6 Å². The highest BCUT2D eigenvalue weighted by molar-refractivity contribution is 8.00. The number of nitrogens with zero attached hydrogens (tertiary/aromatic N) is 3. The molecule has 2 aliphatic heterocycles. The molecule has 1 unspecified atom stereocenters. The Balaban J connectivity index is 1.30. The van der Waals surface area contributed by atoms with Crippen LogP contribution < -0.4 is 20.3 Å². The maximum absolute atomic E-state index is 14.1. The summed E-state index contributed by atoms with van der Waals surface area (Å²) in [5.41, 5.74) is 3.24. The lowest BCUT2D eigenvalue weighted by Crippen LogP contribution is -2.43. The molecule has 39 heavy (non-hydrogen) atoms. The van der Waals surface area contributed by atoms with Crippen molar-refractivity contribution < 1.29 is 9.53 Å². The molecule has 2 aromatic heterocycles. The Labute approximate surface area is 237 Å². The number of benzene rings is 2. The highest BCUT2D eigenvalue weighted by Gasteiger charge is 2.36. The number of anilines is 3. The number of piperidine rings is 1. The molecule has 9 heteroatoms. The lowest BCUT2D eigenvalue weighted by atomic mass is 9.93. The number of para-hydroxylation sites is 2. The van der Waals surface area contributed by atoms with Crippen LogP contribution in [-0.4, -0.2) is 40.8 Å². The number of thiazole rings is 1. The summed E-state index contributed by atoms with van der Waals surface area (Å²) >= 11 is 3.13. The lowest BCUT2D eigenvalue weighted by molar-refractivity contribution is -0.119. The summed E-state index contributed by atoms with van der Waals surface area (Å²) < 4.78 is 6.30. The van der Waals surface area contributed by atoms with Crippen molar-refractivity contribution in [3.8, 4) is 11.5 Å². The van der Waals surface area contributed by atoms with Gasteiger partial charge in [0.15, 0.2) is 16.7 Å². The molecule has 6 rings (SSSR count). The first-order valence-corrected chi connectivity index (χ1v) is 15.1. The van der Waals surface area contributed by atoms with Crippen molar-refractivity contribution in [3.05, 3.63) is 83.5 Å². The van der Waals surface area contributed by atoms with Gasteiger partial charge in [0.25, 0.3) is 0 Å². The molecule has 0 spiro atoms. The predicted octanol–water partition coefficient (Wildman–Crippen LogP) is 6.43. The van der Waals surface area contributed by atoms with E-state index in [1.807, 2.05) is 71.9 Å². The third kappa shape index (κ3) is 5.95. The van der Waals surface area contributed by atoms with Crippen molar-refractivity contribution in [2.45, 2.75) is 36.3 Å². The summed E-state index contributed by atoms with van der Waals surface area (Å²) in [5.74, 6) is 2.38. The molecule has 4 aromatic rings. The quantitative estimate of drug-likeness (QED) is 0.242. The third-order valence-electron chi connectivity index (χ3n) is 7.11.